The molecule has 0 fully saturated rings. The highest BCUT2D eigenvalue weighted by Crippen LogP contribution is 2.43. The van der Waals surface area contributed by atoms with Gasteiger partial charge in [-0.1, -0.05) is 25.1 Å². The Labute approximate surface area is 170 Å². The molecule has 0 aliphatic heterocycles. The van der Waals surface area contributed by atoms with Gasteiger partial charge in [0.05, 0.1) is 27.0 Å². The Balaban J connectivity index is 2.58. The first-order valence-electron chi connectivity index (χ1n) is 9.12. The topological polar surface area (TPSA) is 135 Å². The molecule has 2 rings (SSSR count). The van der Waals surface area contributed by atoms with Gasteiger partial charge in [0, 0.05) is 23.4 Å². The predicted molar refractivity (Wildman–Crippen MR) is 115 cm³/mol. The number of hydrogen-bond donors (Lipinski definition) is 4. The number of rotatable bonds is 8. The number of methoxy groups -OCH3 is 3. The number of nitrogen functional groups attached to an aromatic ring is 1. The van der Waals surface area contributed by atoms with Gasteiger partial charge in [-0.25, -0.2) is 0 Å². The summed E-state index contributed by atoms with van der Waals surface area (Å²) in [6.45, 7) is 2.45. The highest BCUT2D eigenvalue weighted by Gasteiger charge is 2.18. The Kier molecular flexibility index (Phi) is 7.19. The van der Waals surface area contributed by atoms with E-state index in [1.807, 2.05) is 13.0 Å². The quantitative estimate of drug-likeness (QED) is 0.393. The van der Waals surface area contributed by atoms with Gasteiger partial charge in [-0.15, -0.1) is 0 Å². The van der Waals surface area contributed by atoms with Crippen molar-refractivity contribution in [3.63, 3.8) is 0 Å². The van der Waals surface area contributed by atoms with Crippen LogP contribution in [0.25, 0.3) is 16.8 Å². The third kappa shape index (κ3) is 4.48. The molecule has 8 heteroatoms. The first-order chi connectivity index (χ1) is 13.9. The molecular formula is C21H28N4O4. The van der Waals surface area contributed by atoms with Crippen molar-refractivity contribution in [3.05, 3.63) is 41.6 Å². The average Bonchev–Trinajstić information content (AvgIpc) is 2.75. The summed E-state index contributed by atoms with van der Waals surface area (Å²) in [6, 6.07) is 8.91. The number of hydrogen-bond acceptors (Lipinski definition) is 7. The fraction of sp³-hybridized carbons (Fsp3) is 0.286. The van der Waals surface area contributed by atoms with E-state index in [0.717, 1.165) is 12.0 Å². The highest BCUT2D eigenvalue weighted by atomic mass is 16.5. The molecule has 0 radical (unpaired) electrons. The molecule has 156 valence electrons. The van der Waals surface area contributed by atoms with E-state index in [1.54, 1.807) is 24.3 Å². The van der Waals surface area contributed by atoms with E-state index in [1.165, 1.54) is 21.3 Å². The van der Waals surface area contributed by atoms with Crippen molar-refractivity contribution in [1.82, 2.24) is 5.32 Å². The van der Waals surface area contributed by atoms with E-state index in [9.17, 15) is 4.79 Å². The van der Waals surface area contributed by atoms with Crippen LogP contribution in [0.3, 0.4) is 0 Å². The Bertz CT molecular complexity index is 900. The second kappa shape index (κ2) is 9.59. The number of ether oxygens (including phenoxy) is 3. The molecule has 0 unspecified atom stereocenters. The molecule has 2 aromatic rings. The first kappa shape index (κ1) is 21.7. The lowest BCUT2D eigenvalue weighted by Crippen LogP contribution is -2.31. The standard InChI is InChI=1S/C21H28N4O4/c1-5-9-25-21(26)19(24)18(23)14-8-6-7-13(17(14)22)12-10-15(27-2)20(29-4)16(11-12)28-3/h6-8,10-11H,5,9,22-24H2,1-4H3,(H,25,26)/b19-18+. The van der Waals surface area contributed by atoms with Crippen LogP contribution in [-0.4, -0.2) is 33.8 Å². The molecule has 0 bridgehead atoms. The monoisotopic (exact) mass is 400 g/mol. The third-order valence-corrected chi connectivity index (χ3v) is 4.44. The minimum atomic E-state index is -0.429. The van der Waals surface area contributed by atoms with E-state index in [0.29, 0.717) is 40.6 Å². The second-order valence-electron chi connectivity index (χ2n) is 6.26. The maximum absolute atomic E-state index is 12.2. The van der Waals surface area contributed by atoms with Gasteiger partial charge in [0.15, 0.2) is 11.5 Å². The Morgan fingerprint density at radius 1 is 1.03 bits per heavy atom. The molecule has 0 aromatic heterocycles. The number of benzene rings is 2. The molecule has 2 aromatic carbocycles. The zero-order chi connectivity index (χ0) is 21.6. The van der Waals surface area contributed by atoms with Crippen LogP contribution in [0, 0.1) is 0 Å². The van der Waals surface area contributed by atoms with Crippen LogP contribution in [0.1, 0.15) is 18.9 Å². The van der Waals surface area contributed by atoms with Crippen LogP contribution >= 0.6 is 0 Å². The number of para-hydroxylation sites is 1. The normalized spacial score (nSPS) is 11.4. The molecule has 29 heavy (non-hydrogen) atoms. The van der Waals surface area contributed by atoms with Crippen LogP contribution in [0.2, 0.25) is 0 Å². The van der Waals surface area contributed by atoms with Gasteiger partial charge in [-0.3, -0.25) is 4.79 Å². The van der Waals surface area contributed by atoms with Gasteiger partial charge < -0.3 is 36.7 Å². The Morgan fingerprint density at radius 3 is 2.17 bits per heavy atom. The van der Waals surface area contributed by atoms with E-state index >= 15 is 0 Å². The van der Waals surface area contributed by atoms with Gasteiger partial charge in [-0.05, 0) is 24.1 Å². The van der Waals surface area contributed by atoms with E-state index in [-0.39, 0.29) is 11.4 Å². The first-order valence-corrected chi connectivity index (χ1v) is 9.12. The fourth-order valence-electron chi connectivity index (χ4n) is 2.89. The molecule has 0 aliphatic carbocycles. The van der Waals surface area contributed by atoms with Crippen LogP contribution in [-0.2, 0) is 4.79 Å². The number of nitrogens with one attached hydrogen (secondary N) is 1. The van der Waals surface area contributed by atoms with Crippen LogP contribution in [0.4, 0.5) is 5.69 Å². The van der Waals surface area contributed by atoms with Crippen LogP contribution in [0.5, 0.6) is 17.2 Å². The summed E-state index contributed by atoms with van der Waals surface area (Å²) in [5.74, 6) is 1.04. The van der Waals surface area contributed by atoms with E-state index in [2.05, 4.69) is 5.32 Å². The Morgan fingerprint density at radius 2 is 1.66 bits per heavy atom. The summed E-state index contributed by atoms with van der Waals surface area (Å²) in [5, 5.41) is 2.70. The average molecular weight is 400 g/mol. The zero-order valence-corrected chi connectivity index (χ0v) is 17.2. The second-order valence-corrected chi connectivity index (χ2v) is 6.26. The summed E-state index contributed by atoms with van der Waals surface area (Å²) in [5.41, 5.74) is 20.8. The minimum Gasteiger partial charge on any atom is -0.493 e. The van der Waals surface area contributed by atoms with Crippen molar-refractivity contribution in [2.75, 3.05) is 33.6 Å². The zero-order valence-electron chi connectivity index (χ0n) is 17.2. The molecule has 0 saturated heterocycles. The lowest BCUT2D eigenvalue weighted by Gasteiger charge is -2.17. The molecule has 7 N–H and O–H groups in total. The third-order valence-electron chi connectivity index (χ3n) is 4.44. The van der Waals surface area contributed by atoms with Crippen LogP contribution < -0.4 is 36.7 Å². The lowest BCUT2D eigenvalue weighted by atomic mass is 9.97. The highest BCUT2D eigenvalue weighted by molar-refractivity contribution is 6.01. The van der Waals surface area contributed by atoms with E-state index in [4.69, 9.17) is 31.4 Å². The molecule has 0 spiro atoms. The number of carbonyl (C=O) groups excluding carboxylic acids is 1. The molecule has 1 amide bonds. The predicted octanol–water partition coefficient (Wildman–Crippen LogP) is 2.07. The molecule has 8 nitrogen and oxygen atoms in total. The minimum absolute atomic E-state index is 0.0767. The number of carbonyl (C=O) groups is 1. The summed E-state index contributed by atoms with van der Waals surface area (Å²) in [6.07, 6.45) is 0.789. The Hall–Kier alpha value is -3.55. The van der Waals surface area contributed by atoms with Crippen molar-refractivity contribution in [2.45, 2.75) is 13.3 Å². The number of nitrogens with two attached hydrogens (primary N) is 3. The largest absolute Gasteiger partial charge is 0.493 e. The summed E-state index contributed by atoms with van der Waals surface area (Å²) in [7, 11) is 4.61. The molecular weight excluding hydrogens is 372 g/mol. The number of anilines is 1. The van der Waals surface area contributed by atoms with Crippen LogP contribution in [0.15, 0.2) is 36.0 Å². The van der Waals surface area contributed by atoms with Gasteiger partial charge in [-0.2, -0.15) is 0 Å². The van der Waals surface area contributed by atoms with Gasteiger partial charge in [0.25, 0.3) is 5.91 Å². The SMILES string of the molecule is CCCNC(=O)/C(N)=C(\N)c1cccc(-c2cc(OC)c(OC)c(OC)c2)c1N. The van der Waals surface area contributed by atoms with Crippen molar-refractivity contribution < 1.29 is 19.0 Å². The summed E-state index contributed by atoms with van der Waals surface area (Å²) in [4.78, 5) is 12.2. The molecule has 0 heterocycles. The van der Waals surface area contributed by atoms with Crippen molar-refractivity contribution in [3.8, 4) is 28.4 Å². The summed E-state index contributed by atoms with van der Waals surface area (Å²) >= 11 is 0. The van der Waals surface area contributed by atoms with Crippen molar-refractivity contribution in [2.24, 2.45) is 11.5 Å². The van der Waals surface area contributed by atoms with Crippen molar-refractivity contribution >= 4 is 17.3 Å². The maximum Gasteiger partial charge on any atom is 0.269 e. The fourth-order valence-corrected chi connectivity index (χ4v) is 2.89. The smallest absolute Gasteiger partial charge is 0.269 e. The summed E-state index contributed by atoms with van der Waals surface area (Å²) < 4.78 is 16.2. The van der Waals surface area contributed by atoms with Gasteiger partial charge >= 0.3 is 0 Å². The maximum atomic E-state index is 12.2. The molecule has 0 saturated carbocycles. The van der Waals surface area contributed by atoms with Gasteiger partial charge in [0.2, 0.25) is 5.75 Å². The lowest BCUT2D eigenvalue weighted by molar-refractivity contribution is -0.117. The molecule has 0 aliphatic rings. The molecule has 0 atom stereocenters. The number of amides is 1. The van der Waals surface area contributed by atoms with E-state index < -0.39 is 5.91 Å². The van der Waals surface area contributed by atoms with Crippen molar-refractivity contribution in [1.29, 1.82) is 0 Å². The van der Waals surface area contributed by atoms with Gasteiger partial charge in [0.1, 0.15) is 5.70 Å².